The molecule has 1 rings (SSSR count). The highest BCUT2D eigenvalue weighted by Gasteiger charge is 2.21. The maximum absolute atomic E-state index is 10.6. The van der Waals surface area contributed by atoms with E-state index in [-0.39, 0.29) is 35.8 Å². The summed E-state index contributed by atoms with van der Waals surface area (Å²) in [6, 6.07) is 2.05. The third-order valence-electron chi connectivity index (χ3n) is 2.23. The fraction of sp³-hybridized carbons (Fsp3) is 0.300. The third kappa shape index (κ3) is 2.54. The van der Waals surface area contributed by atoms with Crippen LogP contribution in [0.5, 0.6) is 17.2 Å². The van der Waals surface area contributed by atoms with Gasteiger partial charge in [-0.25, -0.2) is 0 Å². The van der Waals surface area contributed by atoms with Gasteiger partial charge in [-0.3, -0.25) is 4.79 Å². The summed E-state index contributed by atoms with van der Waals surface area (Å²) in [4.78, 5) is 10.6. The lowest BCUT2D eigenvalue weighted by Gasteiger charge is -2.16. The van der Waals surface area contributed by atoms with Gasteiger partial charge in [0.2, 0.25) is 0 Å². The highest BCUT2D eigenvalue weighted by Crippen LogP contribution is 2.38. The van der Waals surface area contributed by atoms with Crippen LogP contribution in [0.4, 0.5) is 0 Å². The molecule has 0 fully saturated rings. The van der Waals surface area contributed by atoms with Gasteiger partial charge in [-0.1, -0.05) is 0 Å². The van der Waals surface area contributed by atoms with Crippen molar-refractivity contribution in [3.05, 3.63) is 17.7 Å². The molecule has 1 aromatic rings. The monoisotopic (exact) mass is 227 g/mol. The fourth-order valence-corrected chi connectivity index (χ4v) is 1.54. The lowest BCUT2D eigenvalue weighted by molar-refractivity contribution is -0.137. The summed E-state index contributed by atoms with van der Waals surface area (Å²) in [6.45, 7) is -0.0296. The van der Waals surface area contributed by atoms with E-state index in [1.54, 1.807) is 0 Å². The van der Waals surface area contributed by atoms with Crippen LogP contribution in [0.2, 0.25) is 0 Å². The molecular weight excluding hydrogens is 214 g/mol. The zero-order valence-corrected chi connectivity index (χ0v) is 8.42. The summed E-state index contributed by atoms with van der Waals surface area (Å²) >= 11 is 0. The first kappa shape index (κ1) is 12.1. The van der Waals surface area contributed by atoms with Crippen molar-refractivity contribution in [3.8, 4) is 17.2 Å². The quantitative estimate of drug-likeness (QED) is 0.504. The number of carboxylic acids is 1. The Kier molecular flexibility index (Phi) is 3.57. The first-order chi connectivity index (χ1) is 7.45. The molecule has 6 N–H and O–H groups in total. The number of phenolic OH excluding ortho intramolecular Hbond substituents is 3. The van der Waals surface area contributed by atoms with Crippen LogP contribution in [0, 0.1) is 0 Å². The largest absolute Gasteiger partial charge is 0.508 e. The molecule has 0 aliphatic carbocycles. The van der Waals surface area contributed by atoms with Crippen molar-refractivity contribution >= 4 is 5.97 Å². The molecule has 16 heavy (non-hydrogen) atoms. The van der Waals surface area contributed by atoms with Crippen molar-refractivity contribution in [2.75, 3.05) is 6.54 Å². The smallest absolute Gasteiger partial charge is 0.304 e. The van der Waals surface area contributed by atoms with E-state index in [4.69, 9.17) is 15.9 Å². The fourth-order valence-electron chi connectivity index (χ4n) is 1.54. The Labute approximate surface area is 91.6 Å². The number of rotatable bonds is 4. The highest BCUT2D eigenvalue weighted by atomic mass is 16.4. The van der Waals surface area contributed by atoms with Crippen molar-refractivity contribution in [1.29, 1.82) is 0 Å². The molecule has 0 radical (unpaired) electrons. The molecule has 0 spiro atoms. The SMILES string of the molecule is NCC(CC(=O)O)c1c(O)cc(O)cc1O. The Bertz CT molecular complexity index is 381. The van der Waals surface area contributed by atoms with Crippen LogP contribution in [-0.4, -0.2) is 32.9 Å². The summed E-state index contributed by atoms with van der Waals surface area (Å²) in [6.07, 6.45) is -0.303. The molecule has 88 valence electrons. The van der Waals surface area contributed by atoms with E-state index < -0.39 is 11.9 Å². The molecule has 0 saturated carbocycles. The summed E-state index contributed by atoms with van der Waals surface area (Å²) in [5, 5.41) is 36.8. The van der Waals surface area contributed by atoms with Crippen LogP contribution < -0.4 is 5.73 Å². The Hall–Kier alpha value is -1.95. The number of carbonyl (C=O) groups is 1. The van der Waals surface area contributed by atoms with Gasteiger partial charge in [-0.15, -0.1) is 0 Å². The van der Waals surface area contributed by atoms with E-state index in [0.29, 0.717) is 0 Å². The predicted molar refractivity (Wildman–Crippen MR) is 55.5 cm³/mol. The number of carboxylic acid groups (broad SMARTS) is 1. The summed E-state index contributed by atoms with van der Waals surface area (Å²) in [5.74, 6) is -2.81. The first-order valence-corrected chi connectivity index (χ1v) is 4.62. The summed E-state index contributed by atoms with van der Waals surface area (Å²) in [7, 11) is 0. The van der Waals surface area contributed by atoms with Gasteiger partial charge in [0.05, 0.1) is 6.42 Å². The molecule has 6 nitrogen and oxygen atoms in total. The van der Waals surface area contributed by atoms with Gasteiger partial charge in [0.25, 0.3) is 0 Å². The number of hydrogen-bond donors (Lipinski definition) is 5. The molecule has 0 aromatic heterocycles. The van der Waals surface area contributed by atoms with Crippen molar-refractivity contribution in [3.63, 3.8) is 0 Å². The van der Waals surface area contributed by atoms with E-state index >= 15 is 0 Å². The Morgan fingerprint density at radius 2 is 1.75 bits per heavy atom. The van der Waals surface area contributed by atoms with Gasteiger partial charge < -0.3 is 26.2 Å². The van der Waals surface area contributed by atoms with E-state index in [0.717, 1.165) is 12.1 Å². The summed E-state index contributed by atoms with van der Waals surface area (Å²) in [5.41, 5.74) is 5.43. The van der Waals surface area contributed by atoms with Crippen LogP contribution in [0.1, 0.15) is 17.9 Å². The zero-order chi connectivity index (χ0) is 12.3. The minimum Gasteiger partial charge on any atom is -0.508 e. The molecule has 0 bridgehead atoms. The van der Waals surface area contributed by atoms with Crippen molar-refractivity contribution in [2.45, 2.75) is 12.3 Å². The van der Waals surface area contributed by atoms with Gasteiger partial charge in [-0.2, -0.15) is 0 Å². The normalized spacial score (nSPS) is 12.3. The molecule has 6 heteroatoms. The van der Waals surface area contributed by atoms with E-state index in [9.17, 15) is 15.0 Å². The van der Waals surface area contributed by atoms with Gasteiger partial charge in [-0.05, 0) is 0 Å². The molecule has 1 atom stereocenters. The molecule has 1 aromatic carbocycles. The van der Waals surface area contributed by atoms with Gasteiger partial charge in [0.1, 0.15) is 17.2 Å². The van der Waals surface area contributed by atoms with E-state index in [1.165, 1.54) is 0 Å². The predicted octanol–water partition coefficient (Wildman–Crippen LogP) is 0.320. The lowest BCUT2D eigenvalue weighted by Crippen LogP contribution is -2.16. The zero-order valence-electron chi connectivity index (χ0n) is 8.42. The molecule has 0 amide bonds. The van der Waals surface area contributed by atoms with Gasteiger partial charge in [0.15, 0.2) is 0 Å². The van der Waals surface area contributed by atoms with Crippen molar-refractivity contribution in [1.82, 2.24) is 0 Å². The molecule has 1 unspecified atom stereocenters. The number of hydrogen-bond acceptors (Lipinski definition) is 5. The molecule has 0 aliphatic rings. The third-order valence-corrected chi connectivity index (χ3v) is 2.23. The molecule has 0 aliphatic heterocycles. The van der Waals surface area contributed by atoms with Gasteiger partial charge >= 0.3 is 5.97 Å². The van der Waals surface area contributed by atoms with E-state index in [2.05, 4.69) is 0 Å². The van der Waals surface area contributed by atoms with Crippen molar-refractivity contribution < 1.29 is 25.2 Å². The standard InChI is InChI=1S/C10H13NO5/c11-4-5(1-9(15)16)10-7(13)2-6(12)3-8(10)14/h2-3,5,12-14H,1,4,11H2,(H,15,16). The lowest BCUT2D eigenvalue weighted by atomic mass is 9.94. The minimum absolute atomic E-state index is 0.0296. The van der Waals surface area contributed by atoms with Crippen LogP contribution in [0.15, 0.2) is 12.1 Å². The highest BCUT2D eigenvalue weighted by molar-refractivity contribution is 5.69. The minimum atomic E-state index is -1.08. The second-order valence-corrected chi connectivity index (χ2v) is 3.43. The van der Waals surface area contributed by atoms with Crippen LogP contribution in [0.25, 0.3) is 0 Å². The number of aromatic hydroxyl groups is 3. The number of nitrogens with two attached hydrogens (primary N) is 1. The number of aliphatic carboxylic acids is 1. The average molecular weight is 227 g/mol. The first-order valence-electron chi connectivity index (χ1n) is 4.62. The topological polar surface area (TPSA) is 124 Å². The summed E-state index contributed by atoms with van der Waals surface area (Å²) < 4.78 is 0. The maximum Gasteiger partial charge on any atom is 0.304 e. The van der Waals surface area contributed by atoms with Crippen LogP contribution in [0.3, 0.4) is 0 Å². The van der Waals surface area contributed by atoms with Crippen LogP contribution >= 0.6 is 0 Å². The number of phenols is 3. The Balaban J connectivity index is 3.14. The van der Waals surface area contributed by atoms with Crippen LogP contribution in [-0.2, 0) is 4.79 Å². The second-order valence-electron chi connectivity index (χ2n) is 3.43. The number of benzene rings is 1. The molecule has 0 saturated heterocycles. The second kappa shape index (κ2) is 4.71. The van der Waals surface area contributed by atoms with Gasteiger partial charge in [0, 0.05) is 30.2 Å². The molecule has 0 heterocycles. The average Bonchev–Trinajstić information content (AvgIpc) is 2.13. The Morgan fingerprint density at radius 3 is 2.12 bits per heavy atom. The maximum atomic E-state index is 10.6. The Morgan fingerprint density at radius 1 is 1.25 bits per heavy atom. The molecular formula is C10H13NO5. The van der Waals surface area contributed by atoms with E-state index in [1.807, 2.05) is 0 Å². The van der Waals surface area contributed by atoms with Crippen molar-refractivity contribution in [2.24, 2.45) is 5.73 Å².